The Labute approximate surface area is 113 Å². The molecule has 1 aromatic carbocycles. The van der Waals surface area contributed by atoms with E-state index in [1.807, 2.05) is 6.92 Å². The summed E-state index contributed by atoms with van der Waals surface area (Å²) in [4.78, 5) is 2.47. The summed E-state index contributed by atoms with van der Waals surface area (Å²) >= 11 is 0. The molecule has 1 heterocycles. The van der Waals surface area contributed by atoms with Crippen molar-refractivity contribution >= 4 is 0 Å². The number of nitrogens with zero attached hydrogens (tertiary/aromatic N) is 1. The van der Waals surface area contributed by atoms with E-state index in [2.05, 4.69) is 10.2 Å². The summed E-state index contributed by atoms with van der Waals surface area (Å²) in [6.07, 6.45) is 3.70. The maximum atomic E-state index is 13.1. The minimum Gasteiger partial charge on any atom is -0.310 e. The molecule has 1 aromatic rings. The van der Waals surface area contributed by atoms with E-state index in [1.165, 1.54) is 38.1 Å². The summed E-state index contributed by atoms with van der Waals surface area (Å²) in [6.45, 7) is 6.34. The van der Waals surface area contributed by atoms with Gasteiger partial charge in [-0.15, -0.1) is 0 Å². The quantitative estimate of drug-likeness (QED) is 0.798. The first-order valence-corrected chi connectivity index (χ1v) is 7.07. The second kappa shape index (κ2) is 6.96. The van der Waals surface area contributed by atoms with Crippen molar-refractivity contribution in [3.8, 4) is 0 Å². The number of rotatable bonds is 6. The number of hydrogen-bond donors (Lipinski definition) is 1. The van der Waals surface area contributed by atoms with Crippen molar-refractivity contribution in [3.05, 3.63) is 35.4 Å². The van der Waals surface area contributed by atoms with Gasteiger partial charge in [-0.2, -0.15) is 0 Å². The fraction of sp³-hybridized carbons (Fsp3) is 0.600. The summed E-state index contributed by atoms with van der Waals surface area (Å²) < 4.78 is 26.2. The second-order valence-electron chi connectivity index (χ2n) is 5.28. The number of likely N-dealkylation sites (tertiary alicyclic amines) is 1. The van der Waals surface area contributed by atoms with Gasteiger partial charge in [0, 0.05) is 12.1 Å². The minimum atomic E-state index is -0.513. The van der Waals surface area contributed by atoms with Gasteiger partial charge in [0.1, 0.15) is 11.6 Å². The summed E-state index contributed by atoms with van der Waals surface area (Å²) in [5.41, 5.74) is 0.665. The maximum absolute atomic E-state index is 13.1. The van der Waals surface area contributed by atoms with Gasteiger partial charge in [-0.1, -0.05) is 0 Å². The van der Waals surface area contributed by atoms with Gasteiger partial charge in [-0.05, 0) is 70.1 Å². The van der Waals surface area contributed by atoms with Crippen LogP contribution in [0.2, 0.25) is 0 Å². The number of nitrogens with one attached hydrogen (secondary N) is 1. The van der Waals surface area contributed by atoms with E-state index in [1.54, 1.807) is 0 Å². The second-order valence-corrected chi connectivity index (χ2v) is 5.28. The predicted octanol–water partition coefficient (Wildman–Crippen LogP) is 3.10. The van der Waals surface area contributed by atoms with Gasteiger partial charge in [-0.3, -0.25) is 0 Å². The van der Waals surface area contributed by atoms with Crippen molar-refractivity contribution in [2.24, 2.45) is 0 Å². The average molecular weight is 268 g/mol. The minimum absolute atomic E-state index is 0.0243. The molecular weight excluding hydrogens is 246 g/mol. The number of halogens is 2. The predicted molar refractivity (Wildman–Crippen MR) is 73.1 cm³/mol. The molecule has 0 radical (unpaired) electrons. The highest BCUT2D eigenvalue weighted by molar-refractivity contribution is 5.20. The van der Waals surface area contributed by atoms with E-state index < -0.39 is 11.6 Å². The monoisotopic (exact) mass is 268 g/mol. The average Bonchev–Trinajstić information content (AvgIpc) is 2.86. The van der Waals surface area contributed by atoms with Crippen LogP contribution in [0.3, 0.4) is 0 Å². The summed E-state index contributed by atoms with van der Waals surface area (Å²) in [6, 6.07) is 3.66. The van der Waals surface area contributed by atoms with Gasteiger partial charge in [-0.25, -0.2) is 8.78 Å². The standard InChI is InChI=1S/C15H22F2N2/c1-12(13-9-14(16)11-15(17)10-13)18-5-4-8-19-6-2-3-7-19/h9-12,18H,2-8H2,1H3/t12-/m1/s1. The van der Waals surface area contributed by atoms with Gasteiger partial charge >= 0.3 is 0 Å². The molecule has 0 aliphatic carbocycles. The van der Waals surface area contributed by atoms with E-state index in [9.17, 15) is 8.78 Å². The Morgan fingerprint density at radius 1 is 1.16 bits per heavy atom. The summed E-state index contributed by atoms with van der Waals surface area (Å²) in [7, 11) is 0. The van der Waals surface area contributed by atoms with Gasteiger partial charge in [0.25, 0.3) is 0 Å². The molecule has 1 saturated heterocycles. The van der Waals surface area contributed by atoms with Crippen LogP contribution in [0.25, 0.3) is 0 Å². The molecular formula is C15H22F2N2. The molecule has 2 nitrogen and oxygen atoms in total. The Bertz CT molecular complexity index is 383. The molecule has 1 N–H and O–H groups in total. The lowest BCUT2D eigenvalue weighted by Gasteiger charge is -2.17. The van der Waals surface area contributed by atoms with Crippen LogP contribution in [0.15, 0.2) is 18.2 Å². The molecule has 4 heteroatoms. The molecule has 1 atom stereocenters. The lowest BCUT2D eigenvalue weighted by molar-refractivity contribution is 0.328. The first kappa shape index (κ1) is 14.4. The molecule has 0 unspecified atom stereocenters. The van der Waals surface area contributed by atoms with Crippen LogP contribution in [-0.4, -0.2) is 31.1 Å². The zero-order valence-corrected chi connectivity index (χ0v) is 11.5. The highest BCUT2D eigenvalue weighted by Gasteiger charge is 2.11. The van der Waals surface area contributed by atoms with E-state index in [4.69, 9.17) is 0 Å². The third kappa shape index (κ3) is 4.55. The topological polar surface area (TPSA) is 15.3 Å². The molecule has 2 rings (SSSR count). The van der Waals surface area contributed by atoms with Crippen LogP contribution in [0, 0.1) is 11.6 Å². The molecule has 1 aliphatic heterocycles. The Hall–Kier alpha value is -1.00. The summed E-state index contributed by atoms with van der Waals surface area (Å²) in [5.74, 6) is -1.03. The van der Waals surface area contributed by atoms with Crippen LogP contribution in [0.5, 0.6) is 0 Å². The molecule has 1 aliphatic rings. The van der Waals surface area contributed by atoms with E-state index >= 15 is 0 Å². The largest absolute Gasteiger partial charge is 0.310 e. The number of hydrogen-bond acceptors (Lipinski definition) is 2. The van der Waals surface area contributed by atoms with Crippen molar-refractivity contribution in [1.82, 2.24) is 10.2 Å². The van der Waals surface area contributed by atoms with Gasteiger partial charge in [0.05, 0.1) is 0 Å². The van der Waals surface area contributed by atoms with Gasteiger partial charge in [0.2, 0.25) is 0 Å². The van der Waals surface area contributed by atoms with Crippen molar-refractivity contribution in [2.75, 3.05) is 26.2 Å². The normalized spacial score (nSPS) is 17.8. The Balaban J connectivity index is 1.72. The first-order chi connectivity index (χ1) is 9.15. The molecule has 0 spiro atoms. The molecule has 1 fully saturated rings. The molecule has 0 saturated carbocycles. The van der Waals surface area contributed by atoms with Crippen molar-refractivity contribution in [3.63, 3.8) is 0 Å². The first-order valence-electron chi connectivity index (χ1n) is 7.07. The molecule has 0 aromatic heterocycles. The zero-order chi connectivity index (χ0) is 13.7. The van der Waals surface area contributed by atoms with Crippen LogP contribution >= 0.6 is 0 Å². The third-order valence-corrected chi connectivity index (χ3v) is 3.69. The smallest absolute Gasteiger partial charge is 0.126 e. The van der Waals surface area contributed by atoms with Gasteiger partial charge < -0.3 is 10.2 Å². The van der Waals surface area contributed by atoms with E-state index in [-0.39, 0.29) is 6.04 Å². The third-order valence-electron chi connectivity index (χ3n) is 3.69. The fourth-order valence-electron chi connectivity index (χ4n) is 2.57. The summed E-state index contributed by atoms with van der Waals surface area (Å²) in [5, 5.41) is 3.32. The van der Waals surface area contributed by atoms with Crippen molar-refractivity contribution in [1.29, 1.82) is 0 Å². The Morgan fingerprint density at radius 2 is 1.79 bits per heavy atom. The number of benzene rings is 1. The van der Waals surface area contributed by atoms with Crippen LogP contribution in [0.4, 0.5) is 8.78 Å². The lowest BCUT2D eigenvalue weighted by Crippen LogP contribution is -2.26. The maximum Gasteiger partial charge on any atom is 0.126 e. The highest BCUT2D eigenvalue weighted by atomic mass is 19.1. The molecule has 106 valence electrons. The van der Waals surface area contributed by atoms with Crippen LogP contribution < -0.4 is 5.32 Å². The van der Waals surface area contributed by atoms with Crippen LogP contribution in [0.1, 0.15) is 37.8 Å². The Morgan fingerprint density at radius 3 is 2.42 bits per heavy atom. The van der Waals surface area contributed by atoms with E-state index in [0.717, 1.165) is 25.6 Å². The highest BCUT2D eigenvalue weighted by Crippen LogP contribution is 2.16. The Kier molecular flexibility index (Phi) is 5.28. The molecule has 0 amide bonds. The van der Waals surface area contributed by atoms with Crippen molar-refractivity contribution < 1.29 is 8.78 Å². The van der Waals surface area contributed by atoms with Crippen LogP contribution in [-0.2, 0) is 0 Å². The zero-order valence-electron chi connectivity index (χ0n) is 11.5. The SMILES string of the molecule is C[C@@H](NCCCN1CCCC1)c1cc(F)cc(F)c1. The fourth-order valence-corrected chi connectivity index (χ4v) is 2.57. The van der Waals surface area contributed by atoms with Gasteiger partial charge in [0.15, 0.2) is 0 Å². The molecule has 0 bridgehead atoms. The molecule has 19 heavy (non-hydrogen) atoms. The van der Waals surface area contributed by atoms with E-state index in [0.29, 0.717) is 5.56 Å². The van der Waals surface area contributed by atoms with Crippen molar-refractivity contribution in [2.45, 2.75) is 32.2 Å². The lowest BCUT2D eigenvalue weighted by atomic mass is 10.1.